The van der Waals surface area contributed by atoms with Gasteiger partial charge in [0.15, 0.2) is 0 Å². The lowest BCUT2D eigenvalue weighted by molar-refractivity contribution is 0.0535. The lowest BCUT2D eigenvalue weighted by Gasteiger charge is -2.26. The maximum atomic E-state index is 12.1. The molecule has 4 nitrogen and oxygen atoms in total. The fourth-order valence-electron chi connectivity index (χ4n) is 1.37. The first kappa shape index (κ1) is 12.7. The summed E-state index contributed by atoms with van der Waals surface area (Å²) in [5.74, 6) is -0.0376. The molecule has 0 aliphatic rings. The smallest absolute Gasteiger partial charge is 0.268 e. The Labute approximate surface area is 96.6 Å². The van der Waals surface area contributed by atoms with E-state index in [1.54, 1.807) is 12.1 Å². The van der Waals surface area contributed by atoms with Crippen molar-refractivity contribution in [1.82, 2.24) is 16.0 Å². The van der Waals surface area contributed by atoms with Gasteiger partial charge in [-0.25, -0.2) is 5.43 Å². The fraction of sp³-hybridized carbons (Fsp3) is 0.417. The van der Waals surface area contributed by atoms with Crippen LogP contribution in [0.2, 0.25) is 0 Å². The molecule has 0 saturated carbocycles. The molecule has 1 rings (SSSR count). The molecule has 0 fully saturated rings. The van der Waals surface area contributed by atoms with Crippen molar-refractivity contribution in [3.8, 4) is 0 Å². The van der Waals surface area contributed by atoms with Gasteiger partial charge in [0.05, 0.1) is 0 Å². The molecule has 0 aliphatic carbocycles. The van der Waals surface area contributed by atoms with Crippen molar-refractivity contribution in [2.75, 3.05) is 7.05 Å². The second kappa shape index (κ2) is 5.63. The van der Waals surface area contributed by atoms with Gasteiger partial charge in [-0.3, -0.25) is 9.80 Å². The van der Waals surface area contributed by atoms with Crippen molar-refractivity contribution in [2.45, 2.75) is 26.8 Å². The third kappa shape index (κ3) is 3.05. The topological polar surface area (TPSA) is 44.4 Å². The van der Waals surface area contributed by atoms with Crippen molar-refractivity contribution in [1.29, 1.82) is 0 Å². The molecule has 88 valence electrons. The standard InChI is InChI=1S/C12H19N3O/c1-9(2)15(14-13-4)12(16)11-7-5-10(3)6-8-11/h5-9,13-14H,1-4H3. The third-order valence-electron chi connectivity index (χ3n) is 2.27. The molecule has 0 unspecified atom stereocenters. The van der Waals surface area contributed by atoms with E-state index < -0.39 is 0 Å². The maximum Gasteiger partial charge on any atom is 0.269 e. The highest BCUT2D eigenvalue weighted by Crippen LogP contribution is 2.07. The van der Waals surface area contributed by atoms with E-state index in [1.807, 2.05) is 45.0 Å². The molecule has 0 atom stereocenters. The van der Waals surface area contributed by atoms with E-state index >= 15 is 0 Å². The average Bonchev–Trinajstić information content (AvgIpc) is 2.25. The van der Waals surface area contributed by atoms with Crippen LogP contribution in [0, 0.1) is 6.92 Å². The number of hydrogen-bond donors (Lipinski definition) is 2. The minimum Gasteiger partial charge on any atom is -0.268 e. The van der Waals surface area contributed by atoms with E-state index in [9.17, 15) is 4.79 Å². The highest BCUT2D eigenvalue weighted by molar-refractivity contribution is 5.94. The monoisotopic (exact) mass is 221 g/mol. The van der Waals surface area contributed by atoms with Crippen molar-refractivity contribution in [3.05, 3.63) is 35.4 Å². The second-order valence-corrected chi connectivity index (χ2v) is 4.00. The molecule has 0 heterocycles. The van der Waals surface area contributed by atoms with Gasteiger partial charge in [-0.15, -0.1) is 0 Å². The Morgan fingerprint density at radius 2 is 1.81 bits per heavy atom. The van der Waals surface area contributed by atoms with Crippen LogP contribution in [0.3, 0.4) is 0 Å². The second-order valence-electron chi connectivity index (χ2n) is 4.00. The molecule has 2 N–H and O–H groups in total. The van der Waals surface area contributed by atoms with Gasteiger partial charge >= 0.3 is 0 Å². The van der Waals surface area contributed by atoms with Crippen molar-refractivity contribution in [3.63, 3.8) is 0 Å². The van der Waals surface area contributed by atoms with E-state index in [0.29, 0.717) is 5.56 Å². The number of nitrogens with one attached hydrogen (secondary N) is 2. The van der Waals surface area contributed by atoms with Crippen LogP contribution in [0.4, 0.5) is 0 Å². The van der Waals surface area contributed by atoms with E-state index in [1.165, 1.54) is 0 Å². The van der Waals surface area contributed by atoms with Crippen molar-refractivity contribution >= 4 is 5.91 Å². The van der Waals surface area contributed by atoms with Crippen LogP contribution in [0.5, 0.6) is 0 Å². The molecule has 0 saturated heterocycles. The zero-order valence-corrected chi connectivity index (χ0v) is 10.2. The first-order valence-electron chi connectivity index (χ1n) is 5.39. The summed E-state index contributed by atoms with van der Waals surface area (Å²) in [7, 11) is 1.73. The van der Waals surface area contributed by atoms with E-state index in [4.69, 9.17) is 0 Å². The maximum absolute atomic E-state index is 12.1. The summed E-state index contributed by atoms with van der Waals surface area (Å²) in [6, 6.07) is 7.63. The number of carbonyl (C=O) groups excluding carboxylic acids is 1. The fourth-order valence-corrected chi connectivity index (χ4v) is 1.37. The van der Waals surface area contributed by atoms with Gasteiger partial charge in [-0.1, -0.05) is 17.7 Å². The molecule has 4 heteroatoms. The molecule has 1 amide bonds. The summed E-state index contributed by atoms with van der Waals surface area (Å²) in [5.41, 5.74) is 7.42. The number of rotatable bonds is 4. The van der Waals surface area contributed by atoms with Gasteiger partial charge in [0.1, 0.15) is 0 Å². The van der Waals surface area contributed by atoms with Crippen LogP contribution >= 0.6 is 0 Å². The summed E-state index contributed by atoms with van der Waals surface area (Å²) in [4.78, 5) is 12.1. The summed E-state index contributed by atoms with van der Waals surface area (Å²) < 4.78 is 0. The zero-order chi connectivity index (χ0) is 12.1. The molecule has 0 radical (unpaired) electrons. The normalized spacial score (nSPS) is 10.6. The number of hydrogen-bond acceptors (Lipinski definition) is 3. The number of amides is 1. The molecular weight excluding hydrogens is 202 g/mol. The Balaban J connectivity index is 2.86. The summed E-state index contributed by atoms with van der Waals surface area (Å²) in [6.45, 7) is 5.91. The Morgan fingerprint density at radius 1 is 1.25 bits per heavy atom. The molecule has 16 heavy (non-hydrogen) atoms. The van der Waals surface area contributed by atoms with Crippen LogP contribution in [0.25, 0.3) is 0 Å². The Bertz CT molecular complexity index is 346. The van der Waals surface area contributed by atoms with Crippen LogP contribution in [-0.4, -0.2) is 24.0 Å². The number of nitrogens with zero attached hydrogens (tertiary/aromatic N) is 1. The minimum atomic E-state index is -0.0376. The number of carbonyl (C=O) groups is 1. The number of benzene rings is 1. The first-order valence-corrected chi connectivity index (χ1v) is 5.39. The molecule has 1 aromatic carbocycles. The molecule has 0 spiro atoms. The number of aryl methyl sites for hydroxylation is 1. The molecule has 0 aromatic heterocycles. The van der Waals surface area contributed by atoms with E-state index in [2.05, 4.69) is 11.0 Å². The molecule has 0 aliphatic heterocycles. The highest BCUT2D eigenvalue weighted by Gasteiger charge is 2.17. The lowest BCUT2D eigenvalue weighted by atomic mass is 10.1. The Kier molecular flexibility index (Phi) is 4.46. The SMILES string of the molecule is CNNN(C(=O)c1ccc(C)cc1)C(C)C. The minimum absolute atomic E-state index is 0.0376. The van der Waals surface area contributed by atoms with Crippen LogP contribution in [0.15, 0.2) is 24.3 Å². The number of hydrazine groups is 2. The Hall–Kier alpha value is -1.39. The van der Waals surface area contributed by atoms with E-state index in [0.717, 1.165) is 5.56 Å². The quantitative estimate of drug-likeness (QED) is 0.757. The third-order valence-corrected chi connectivity index (χ3v) is 2.27. The average molecular weight is 221 g/mol. The predicted molar refractivity (Wildman–Crippen MR) is 64.7 cm³/mol. The van der Waals surface area contributed by atoms with Gasteiger partial charge in [-0.05, 0) is 32.9 Å². The van der Waals surface area contributed by atoms with Crippen LogP contribution < -0.4 is 11.0 Å². The molecular formula is C12H19N3O. The predicted octanol–water partition coefficient (Wildman–Crippen LogP) is 1.48. The zero-order valence-electron chi connectivity index (χ0n) is 10.2. The molecule has 1 aromatic rings. The van der Waals surface area contributed by atoms with Crippen molar-refractivity contribution in [2.24, 2.45) is 0 Å². The van der Waals surface area contributed by atoms with Crippen molar-refractivity contribution < 1.29 is 4.79 Å². The highest BCUT2D eigenvalue weighted by atomic mass is 16.2. The Morgan fingerprint density at radius 3 is 2.25 bits per heavy atom. The van der Waals surface area contributed by atoms with Gasteiger partial charge in [0.25, 0.3) is 5.91 Å². The van der Waals surface area contributed by atoms with Gasteiger partial charge < -0.3 is 0 Å². The molecule has 0 bridgehead atoms. The van der Waals surface area contributed by atoms with Crippen LogP contribution in [-0.2, 0) is 0 Å². The van der Waals surface area contributed by atoms with Gasteiger partial charge in [-0.2, -0.15) is 5.53 Å². The summed E-state index contributed by atoms with van der Waals surface area (Å²) in [6.07, 6.45) is 0. The van der Waals surface area contributed by atoms with Crippen LogP contribution in [0.1, 0.15) is 29.8 Å². The van der Waals surface area contributed by atoms with Gasteiger partial charge in [0.2, 0.25) is 0 Å². The lowest BCUT2D eigenvalue weighted by Crippen LogP contribution is -2.52. The van der Waals surface area contributed by atoms with E-state index in [-0.39, 0.29) is 11.9 Å². The summed E-state index contributed by atoms with van der Waals surface area (Å²) in [5, 5.41) is 1.56. The first-order chi connectivity index (χ1) is 7.56. The summed E-state index contributed by atoms with van der Waals surface area (Å²) >= 11 is 0. The largest absolute Gasteiger partial charge is 0.269 e. The van der Waals surface area contributed by atoms with Gasteiger partial charge in [0, 0.05) is 18.7 Å².